The third-order valence-electron chi connectivity index (χ3n) is 9.19. The maximum absolute atomic E-state index is 12.8. The van der Waals surface area contributed by atoms with Crippen LogP contribution in [0.5, 0.6) is 0 Å². The van der Waals surface area contributed by atoms with Gasteiger partial charge in [-0.1, -0.05) is 84.0 Å². The summed E-state index contributed by atoms with van der Waals surface area (Å²) in [5, 5.41) is 13.5. The summed E-state index contributed by atoms with van der Waals surface area (Å²) in [4.78, 5) is 75.6. The van der Waals surface area contributed by atoms with E-state index in [1.807, 2.05) is 36.4 Å². The number of amides is 4. The minimum absolute atomic E-state index is 0.0213. The van der Waals surface area contributed by atoms with E-state index in [2.05, 4.69) is 51.2 Å². The number of carbonyl (C=O) groups is 4. The molecule has 0 atom stereocenters. The number of Topliss-reactive ketones (excluding diaryl/α,β-unsaturated/α-hetero) is 2. The van der Waals surface area contributed by atoms with Gasteiger partial charge >= 0.3 is 12.1 Å². The molecule has 0 aliphatic heterocycles. The number of nitrogens with zero attached hydrogens (tertiary/aromatic N) is 6. The summed E-state index contributed by atoms with van der Waals surface area (Å²) in [6.07, 6.45) is 19.4. The Morgan fingerprint density at radius 1 is 0.534 bits per heavy atom. The molecule has 8 rings (SSSR count). The normalized spacial score (nSPS) is 13.9. The lowest BCUT2D eigenvalue weighted by Gasteiger charge is -2.13. The second kappa shape index (κ2) is 20.2. The monoisotopic (exact) mass is 850 g/mol. The van der Waals surface area contributed by atoms with Gasteiger partial charge < -0.3 is 5.32 Å². The highest BCUT2D eigenvalue weighted by molar-refractivity contribution is 8.01. The molecule has 6 aromatic heterocycles. The summed E-state index contributed by atoms with van der Waals surface area (Å²) >= 11 is 5.66. The van der Waals surface area contributed by atoms with Crippen molar-refractivity contribution >= 4 is 91.6 Å². The number of ketones is 2. The van der Waals surface area contributed by atoms with Crippen molar-refractivity contribution in [2.24, 2.45) is 11.8 Å². The highest BCUT2D eigenvalue weighted by Crippen LogP contribution is 2.35. The van der Waals surface area contributed by atoms with Crippen molar-refractivity contribution in [2.75, 3.05) is 21.3 Å². The van der Waals surface area contributed by atoms with E-state index in [0.29, 0.717) is 27.1 Å². The lowest BCUT2D eigenvalue weighted by Crippen LogP contribution is -2.23. The van der Waals surface area contributed by atoms with E-state index in [9.17, 15) is 19.2 Å². The van der Waals surface area contributed by atoms with Crippen LogP contribution in [0.4, 0.5) is 31.4 Å². The molecule has 58 heavy (non-hydrogen) atoms. The number of carbonyl (C=O) groups excluding carboxylic acids is 4. The number of aromatic nitrogens is 6. The Kier molecular flexibility index (Phi) is 14.2. The number of anilines is 4. The third-order valence-corrected chi connectivity index (χ3v) is 13.1. The van der Waals surface area contributed by atoms with Gasteiger partial charge in [-0.2, -0.15) is 0 Å². The average Bonchev–Trinajstić information content (AvgIpc) is 4.09. The predicted octanol–water partition coefficient (Wildman–Crippen LogP) is 10.2. The lowest BCUT2D eigenvalue weighted by atomic mass is 9.96. The molecule has 6 aromatic rings. The molecule has 2 aliphatic rings. The minimum atomic E-state index is -0.479. The quantitative estimate of drug-likeness (QED) is 0.0853. The first kappa shape index (κ1) is 40.6. The van der Waals surface area contributed by atoms with Crippen LogP contribution in [-0.4, -0.2) is 53.5 Å². The molecule has 0 unspecified atom stereocenters. The summed E-state index contributed by atoms with van der Waals surface area (Å²) < 4.78 is 1.83. The van der Waals surface area contributed by atoms with Crippen LogP contribution in [0.1, 0.15) is 72.1 Å². The Hall–Kier alpha value is -5.56. The molecule has 0 bridgehead atoms. The molecule has 0 radical (unpaired) electrons. The maximum atomic E-state index is 12.8. The molecule has 0 saturated heterocycles. The minimum Gasteiger partial charge on any atom is -0.305 e. The summed E-state index contributed by atoms with van der Waals surface area (Å²) in [7, 11) is 0. The molecule has 296 valence electrons. The van der Waals surface area contributed by atoms with Crippen LogP contribution in [0, 0.1) is 11.8 Å². The second-order valence-corrected chi connectivity index (χ2v) is 17.9. The zero-order valence-corrected chi connectivity index (χ0v) is 34.3. The topological polar surface area (TPSA) is 194 Å². The summed E-state index contributed by atoms with van der Waals surface area (Å²) in [6, 6.07) is 15.5. The van der Waals surface area contributed by atoms with E-state index in [-0.39, 0.29) is 29.2 Å². The van der Waals surface area contributed by atoms with Gasteiger partial charge in [-0.25, -0.2) is 34.5 Å². The number of urea groups is 2. The molecular weight excluding hydrogens is 813 g/mol. The molecule has 2 fully saturated rings. The van der Waals surface area contributed by atoms with Crippen LogP contribution in [0.15, 0.2) is 116 Å². The summed E-state index contributed by atoms with van der Waals surface area (Å²) in [6.45, 7) is 0. The molecule has 6 heterocycles. The van der Waals surface area contributed by atoms with E-state index >= 15 is 0 Å². The smallest absolute Gasteiger partial charge is 0.305 e. The molecule has 2 saturated carbocycles. The number of pyridine rings is 4. The van der Waals surface area contributed by atoms with E-state index in [4.69, 9.17) is 0 Å². The van der Waals surface area contributed by atoms with Gasteiger partial charge in [0.05, 0.1) is 38.3 Å². The largest absolute Gasteiger partial charge is 0.326 e. The van der Waals surface area contributed by atoms with E-state index in [1.165, 1.54) is 52.4 Å². The van der Waals surface area contributed by atoms with E-state index < -0.39 is 12.1 Å². The average molecular weight is 851 g/mol. The number of hydrogen-bond donors (Lipinski definition) is 4. The van der Waals surface area contributed by atoms with Crippen LogP contribution in [0.2, 0.25) is 0 Å². The van der Waals surface area contributed by atoms with Crippen LogP contribution in [0.3, 0.4) is 0 Å². The Labute approximate surface area is 351 Å². The zero-order chi connectivity index (χ0) is 40.1. The third kappa shape index (κ3) is 11.3. The summed E-state index contributed by atoms with van der Waals surface area (Å²) in [5.74, 6) is 0.457. The molecule has 4 amide bonds. The van der Waals surface area contributed by atoms with Crippen molar-refractivity contribution in [1.29, 1.82) is 0 Å². The highest BCUT2D eigenvalue weighted by Gasteiger charge is 2.27. The predicted molar refractivity (Wildman–Crippen MR) is 227 cm³/mol. The number of nitrogens with one attached hydrogen (secondary N) is 4. The molecule has 0 aromatic carbocycles. The van der Waals surface area contributed by atoms with Gasteiger partial charge in [0.25, 0.3) is 0 Å². The van der Waals surface area contributed by atoms with Crippen LogP contribution in [0.25, 0.3) is 0 Å². The molecule has 18 heteroatoms. The molecule has 4 N–H and O–H groups in total. The van der Waals surface area contributed by atoms with Gasteiger partial charge in [0, 0.05) is 42.2 Å². The van der Waals surface area contributed by atoms with Crippen LogP contribution < -0.4 is 21.3 Å². The SMILES string of the molecule is O=C(Nc1ncc(Sc2ccccn2)s1)Nc1cnccc1C(=O)C1CCCC1.O=C(Nc1ncc(Sc2ccccn2)s1)Nc1ncccc1C(=O)C1CCCC1. The van der Waals surface area contributed by atoms with Crippen LogP contribution >= 0.6 is 46.2 Å². The Morgan fingerprint density at radius 2 is 1.07 bits per heavy atom. The Bertz CT molecular complexity index is 2170. The fraction of sp³-hybridized carbons (Fsp3) is 0.250. The molecule has 2 aliphatic carbocycles. The molecule has 0 spiro atoms. The fourth-order valence-corrected chi connectivity index (χ4v) is 10.0. The van der Waals surface area contributed by atoms with E-state index in [1.54, 1.807) is 55.4 Å². The highest BCUT2D eigenvalue weighted by atomic mass is 32.2. The maximum Gasteiger partial charge on any atom is 0.326 e. The van der Waals surface area contributed by atoms with Gasteiger partial charge in [-0.05, 0) is 68.1 Å². The van der Waals surface area contributed by atoms with Crippen molar-refractivity contribution in [2.45, 2.75) is 69.8 Å². The zero-order valence-electron chi connectivity index (χ0n) is 31.0. The first-order chi connectivity index (χ1) is 28.4. The first-order valence-corrected chi connectivity index (χ1v) is 21.9. The standard InChI is InChI=1S/2C20H19N5O2S2/c26-17(13-6-1-2-7-13)14-8-5-11-22-18(14)24-19(27)25-20-23-12-16(29-20)28-15-9-3-4-10-21-15;26-18(13-5-1-2-6-13)14-8-10-21-11-15(14)24-19(27)25-20-23-12-17(29-20)28-16-7-3-4-9-22-16/h3-5,8-13H,1-2,6-7H2,(H2,22,23,24,25,27);3-4,7-13H,1-2,5-6H2,(H2,23,24,25,27). The summed E-state index contributed by atoms with van der Waals surface area (Å²) in [5.41, 5.74) is 1.38. The second-order valence-electron chi connectivity index (χ2n) is 13.2. The van der Waals surface area contributed by atoms with Gasteiger partial charge in [-0.15, -0.1) is 0 Å². The van der Waals surface area contributed by atoms with Gasteiger partial charge in [0.2, 0.25) is 0 Å². The van der Waals surface area contributed by atoms with Gasteiger partial charge in [0.15, 0.2) is 21.8 Å². The van der Waals surface area contributed by atoms with Crippen molar-refractivity contribution in [3.05, 3.63) is 109 Å². The number of rotatable bonds is 12. The first-order valence-electron chi connectivity index (χ1n) is 18.6. The van der Waals surface area contributed by atoms with Gasteiger partial charge in [-0.3, -0.25) is 30.5 Å². The molecule has 14 nitrogen and oxygen atoms in total. The Balaban J connectivity index is 0.000000177. The van der Waals surface area contributed by atoms with Crippen molar-refractivity contribution in [3.63, 3.8) is 0 Å². The van der Waals surface area contributed by atoms with Crippen molar-refractivity contribution in [1.82, 2.24) is 29.9 Å². The number of thiazole rings is 2. The molecular formula is C40H38N10O4S4. The van der Waals surface area contributed by atoms with Crippen LogP contribution in [-0.2, 0) is 0 Å². The Morgan fingerprint density at radius 3 is 1.62 bits per heavy atom. The number of hydrogen-bond acceptors (Lipinski definition) is 14. The van der Waals surface area contributed by atoms with Crippen molar-refractivity contribution in [3.8, 4) is 0 Å². The lowest BCUT2D eigenvalue weighted by molar-refractivity contribution is 0.0916. The van der Waals surface area contributed by atoms with Gasteiger partial charge in [0.1, 0.15) is 15.9 Å². The van der Waals surface area contributed by atoms with Crippen molar-refractivity contribution < 1.29 is 19.2 Å². The van der Waals surface area contributed by atoms with E-state index in [0.717, 1.165) is 69.8 Å². The fourth-order valence-electron chi connectivity index (χ4n) is 6.46.